The predicted octanol–water partition coefficient (Wildman–Crippen LogP) is 4.33. The number of hydrogen-bond donors (Lipinski definition) is 1. The van der Waals surface area contributed by atoms with Crippen molar-refractivity contribution in [3.63, 3.8) is 0 Å². The maximum atomic E-state index is 4.71. The standard InChI is InChI=1S/C21H23N3/c1-2-7-18(8-3-1)16-24-13-6-9-17(12-14-24)15-21-22-19-10-4-5-11-20(19)23-21/h1-5,7-11H,6,12-16H2,(H,22,23). The van der Waals surface area contributed by atoms with Gasteiger partial charge < -0.3 is 4.98 Å². The van der Waals surface area contributed by atoms with Crippen molar-refractivity contribution in [2.45, 2.75) is 25.8 Å². The first-order valence-electron chi connectivity index (χ1n) is 8.75. The highest BCUT2D eigenvalue weighted by atomic mass is 15.1. The summed E-state index contributed by atoms with van der Waals surface area (Å²) >= 11 is 0. The first kappa shape index (κ1) is 15.2. The van der Waals surface area contributed by atoms with E-state index in [1.54, 1.807) is 0 Å². The van der Waals surface area contributed by atoms with Gasteiger partial charge in [-0.05, 0) is 30.5 Å². The van der Waals surface area contributed by atoms with Crippen LogP contribution in [-0.2, 0) is 13.0 Å². The molecule has 1 aliphatic rings. The van der Waals surface area contributed by atoms with Gasteiger partial charge in [0.1, 0.15) is 5.82 Å². The van der Waals surface area contributed by atoms with Crippen molar-refractivity contribution in [2.24, 2.45) is 0 Å². The quantitative estimate of drug-likeness (QED) is 0.726. The van der Waals surface area contributed by atoms with Crippen LogP contribution in [0, 0.1) is 0 Å². The Morgan fingerprint density at radius 2 is 1.79 bits per heavy atom. The molecule has 0 amide bonds. The average Bonchev–Trinajstić information content (AvgIpc) is 2.89. The lowest BCUT2D eigenvalue weighted by Gasteiger charge is -2.20. The van der Waals surface area contributed by atoms with Gasteiger partial charge in [-0.3, -0.25) is 4.90 Å². The lowest BCUT2D eigenvalue weighted by Crippen LogP contribution is -2.24. The molecule has 0 saturated carbocycles. The first-order valence-corrected chi connectivity index (χ1v) is 8.75. The molecule has 2 aromatic carbocycles. The second kappa shape index (κ2) is 7.02. The Bertz CT molecular complexity index is 799. The molecule has 0 bridgehead atoms. The van der Waals surface area contributed by atoms with Gasteiger partial charge >= 0.3 is 0 Å². The van der Waals surface area contributed by atoms with E-state index in [0.717, 1.165) is 55.8 Å². The zero-order valence-corrected chi connectivity index (χ0v) is 13.9. The fourth-order valence-electron chi connectivity index (χ4n) is 3.43. The number of nitrogens with one attached hydrogen (secondary N) is 1. The summed E-state index contributed by atoms with van der Waals surface area (Å²) in [7, 11) is 0. The minimum atomic E-state index is 0.938. The number of nitrogens with zero attached hydrogens (tertiary/aromatic N) is 2. The van der Waals surface area contributed by atoms with Crippen LogP contribution in [0.1, 0.15) is 24.2 Å². The van der Waals surface area contributed by atoms with Crippen molar-refractivity contribution in [1.29, 1.82) is 0 Å². The molecule has 0 spiro atoms. The summed E-state index contributed by atoms with van der Waals surface area (Å²) in [5.41, 5.74) is 5.10. The Kier molecular flexibility index (Phi) is 4.43. The van der Waals surface area contributed by atoms with Crippen molar-refractivity contribution in [3.05, 3.63) is 77.6 Å². The third-order valence-corrected chi connectivity index (χ3v) is 4.71. The van der Waals surface area contributed by atoms with E-state index in [-0.39, 0.29) is 0 Å². The number of imidazole rings is 1. The minimum absolute atomic E-state index is 0.938. The number of benzene rings is 2. The van der Waals surface area contributed by atoms with Crippen LogP contribution in [-0.4, -0.2) is 28.0 Å². The summed E-state index contributed by atoms with van der Waals surface area (Å²) in [4.78, 5) is 10.7. The van der Waals surface area contributed by atoms with Crippen LogP contribution < -0.4 is 0 Å². The zero-order valence-electron chi connectivity index (χ0n) is 13.9. The first-order chi connectivity index (χ1) is 11.9. The lowest BCUT2D eigenvalue weighted by molar-refractivity contribution is 0.279. The van der Waals surface area contributed by atoms with E-state index in [0.29, 0.717) is 0 Å². The van der Waals surface area contributed by atoms with Gasteiger partial charge in [-0.25, -0.2) is 4.98 Å². The van der Waals surface area contributed by atoms with Gasteiger partial charge in [0.25, 0.3) is 0 Å². The molecule has 0 saturated heterocycles. The fraction of sp³-hybridized carbons (Fsp3) is 0.286. The molecule has 1 aromatic heterocycles. The summed E-state index contributed by atoms with van der Waals surface area (Å²) in [5.74, 6) is 1.08. The van der Waals surface area contributed by atoms with Gasteiger partial charge in [-0.1, -0.05) is 54.1 Å². The molecule has 0 atom stereocenters. The van der Waals surface area contributed by atoms with Crippen LogP contribution in [0.4, 0.5) is 0 Å². The van der Waals surface area contributed by atoms with Crippen molar-refractivity contribution in [3.8, 4) is 0 Å². The molecule has 0 radical (unpaired) electrons. The molecule has 0 aliphatic carbocycles. The molecule has 0 fully saturated rings. The Morgan fingerprint density at radius 3 is 2.67 bits per heavy atom. The van der Waals surface area contributed by atoms with E-state index in [2.05, 4.69) is 64.5 Å². The molecule has 0 unspecified atom stereocenters. The maximum Gasteiger partial charge on any atom is 0.111 e. The molecule has 1 N–H and O–H groups in total. The highest BCUT2D eigenvalue weighted by Crippen LogP contribution is 2.18. The normalized spacial score (nSPS) is 16.1. The van der Waals surface area contributed by atoms with Gasteiger partial charge in [0.15, 0.2) is 0 Å². The van der Waals surface area contributed by atoms with Gasteiger partial charge in [0.05, 0.1) is 11.0 Å². The number of fused-ring (bicyclic) bond motifs is 1. The third-order valence-electron chi connectivity index (χ3n) is 4.71. The molecule has 4 rings (SSSR count). The highest BCUT2D eigenvalue weighted by molar-refractivity contribution is 5.74. The SMILES string of the molecule is C1=C(Cc2nc3ccccc3[nH]2)CCN(Cc2ccccc2)CC1. The lowest BCUT2D eigenvalue weighted by atomic mass is 10.1. The molecule has 24 heavy (non-hydrogen) atoms. The van der Waals surface area contributed by atoms with Crippen molar-refractivity contribution >= 4 is 11.0 Å². The Morgan fingerprint density at radius 1 is 0.958 bits per heavy atom. The average molecular weight is 317 g/mol. The minimum Gasteiger partial charge on any atom is -0.342 e. The fourth-order valence-corrected chi connectivity index (χ4v) is 3.43. The molecule has 3 nitrogen and oxygen atoms in total. The Labute approximate surface area is 143 Å². The number of aromatic amines is 1. The van der Waals surface area contributed by atoms with E-state index in [1.807, 2.05) is 6.07 Å². The predicted molar refractivity (Wildman–Crippen MR) is 98.8 cm³/mol. The number of rotatable bonds is 4. The highest BCUT2D eigenvalue weighted by Gasteiger charge is 2.12. The van der Waals surface area contributed by atoms with Crippen LogP contribution >= 0.6 is 0 Å². The molecule has 122 valence electrons. The summed E-state index contributed by atoms with van der Waals surface area (Å²) in [6.45, 7) is 3.31. The molecule has 3 aromatic rings. The molecule has 3 heteroatoms. The summed E-state index contributed by atoms with van der Waals surface area (Å²) in [6, 6.07) is 19.0. The second-order valence-corrected chi connectivity index (χ2v) is 6.54. The molecular weight excluding hydrogens is 294 g/mol. The third kappa shape index (κ3) is 3.57. The zero-order chi connectivity index (χ0) is 16.2. The van der Waals surface area contributed by atoms with Crippen molar-refractivity contribution in [1.82, 2.24) is 14.9 Å². The van der Waals surface area contributed by atoms with E-state index in [4.69, 9.17) is 4.98 Å². The largest absolute Gasteiger partial charge is 0.342 e. The van der Waals surface area contributed by atoms with Crippen molar-refractivity contribution < 1.29 is 0 Å². The summed E-state index contributed by atoms with van der Waals surface area (Å²) in [6.07, 6.45) is 5.61. The van der Waals surface area contributed by atoms with Crippen LogP contribution in [0.3, 0.4) is 0 Å². The van der Waals surface area contributed by atoms with Crippen LogP contribution in [0.2, 0.25) is 0 Å². The van der Waals surface area contributed by atoms with Gasteiger partial charge in [-0.2, -0.15) is 0 Å². The van der Waals surface area contributed by atoms with Gasteiger partial charge in [0.2, 0.25) is 0 Å². The smallest absolute Gasteiger partial charge is 0.111 e. The Balaban J connectivity index is 1.38. The number of para-hydroxylation sites is 2. The van der Waals surface area contributed by atoms with Crippen molar-refractivity contribution in [2.75, 3.05) is 13.1 Å². The van der Waals surface area contributed by atoms with Crippen LogP contribution in [0.15, 0.2) is 66.2 Å². The maximum absolute atomic E-state index is 4.71. The van der Waals surface area contributed by atoms with E-state index < -0.39 is 0 Å². The number of hydrogen-bond acceptors (Lipinski definition) is 2. The topological polar surface area (TPSA) is 31.9 Å². The number of H-pyrrole nitrogens is 1. The van der Waals surface area contributed by atoms with Crippen LogP contribution in [0.5, 0.6) is 0 Å². The summed E-state index contributed by atoms with van der Waals surface area (Å²) < 4.78 is 0. The summed E-state index contributed by atoms with van der Waals surface area (Å²) in [5, 5.41) is 0. The van der Waals surface area contributed by atoms with E-state index >= 15 is 0 Å². The van der Waals surface area contributed by atoms with Gasteiger partial charge in [0, 0.05) is 26.1 Å². The van der Waals surface area contributed by atoms with Gasteiger partial charge in [-0.15, -0.1) is 0 Å². The second-order valence-electron chi connectivity index (χ2n) is 6.54. The Hall–Kier alpha value is -2.39. The van der Waals surface area contributed by atoms with E-state index in [1.165, 1.54) is 11.1 Å². The number of aromatic nitrogens is 2. The molecule has 2 heterocycles. The monoisotopic (exact) mass is 317 g/mol. The molecule has 1 aliphatic heterocycles. The van der Waals surface area contributed by atoms with E-state index in [9.17, 15) is 0 Å². The molecular formula is C21H23N3. The van der Waals surface area contributed by atoms with Crippen LogP contribution in [0.25, 0.3) is 11.0 Å².